The molecule has 112 valence electrons. The average Bonchev–Trinajstić information content (AvgIpc) is 2.45. The molecule has 0 fully saturated rings. The molecule has 0 amide bonds. The molecule has 6 heteroatoms. The van der Waals surface area contributed by atoms with Gasteiger partial charge in [0.05, 0.1) is 11.6 Å². The van der Waals surface area contributed by atoms with Gasteiger partial charge in [-0.1, -0.05) is 30.3 Å². The summed E-state index contributed by atoms with van der Waals surface area (Å²) in [5.74, 6) is 5.59. The van der Waals surface area contributed by atoms with Crippen molar-refractivity contribution < 1.29 is 13.2 Å². The molecule has 0 aliphatic rings. The lowest BCUT2D eigenvalue weighted by Gasteiger charge is -2.18. The van der Waals surface area contributed by atoms with Crippen LogP contribution in [0.1, 0.15) is 22.7 Å². The minimum atomic E-state index is -4.31. The Labute approximate surface area is 134 Å². The molecule has 0 radical (unpaired) electrons. The standard InChI is InChI=1S/C15H14F3IN2/c16-15(17,18)11-7-5-10(6-8-11)9-14(21-20)12-3-1-2-4-13(12)19/h1-8,14,21H,9,20H2. The van der Waals surface area contributed by atoms with Crippen LogP contribution in [0, 0.1) is 3.57 Å². The largest absolute Gasteiger partial charge is 0.416 e. The highest BCUT2D eigenvalue weighted by Crippen LogP contribution is 2.30. The maximum atomic E-state index is 12.5. The molecule has 0 aromatic heterocycles. The summed E-state index contributed by atoms with van der Waals surface area (Å²) in [4.78, 5) is 0. The van der Waals surface area contributed by atoms with Crippen LogP contribution in [0.2, 0.25) is 0 Å². The van der Waals surface area contributed by atoms with E-state index in [-0.39, 0.29) is 6.04 Å². The molecule has 0 spiro atoms. The van der Waals surface area contributed by atoms with Crippen molar-refractivity contribution in [3.8, 4) is 0 Å². The van der Waals surface area contributed by atoms with Gasteiger partial charge < -0.3 is 0 Å². The van der Waals surface area contributed by atoms with Gasteiger partial charge >= 0.3 is 6.18 Å². The van der Waals surface area contributed by atoms with E-state index in [0.717, 1.165) is 26.8 Å². The Morgan fingerprint density at radius 3 is 2.19 bits per heavy atom. The minimum Gasteiger partial charge on any atom is -0.271 e. The fraction of sp³-hybridized carbons (Fsp3) is 0.200. The van der Waals surface area contributed by atoms with Crippen molar-refractivity contribution in [1.82, 2.24) is 5.43 Å². The molecule has 21 heavy (non-hydrogen) atoms. The maximum absolute atomic E-state index is 12.5. The zero-order chi connectivity index (χ0) is 15.5. The van der Waals surface area contributed by atoms with E-state index in [9.17, 15) is 13.2 Å². The first-order chi connectivity index (χ1) is 9.91. The Bertz CT molecular complexity index is 597. The van der Waals surface area contributed by atoms with Gasteiger partial charge in [-0.25, -0.2) is 0 Å². The van der Waals surface area contributed by atoms with Gasteiger partial charge in [0.25, 0.3) is 0 Å². The van der Waals surface area contributed by atoms with Gasteiger partial charge in [0.1, 0.15) is 0 Å². The van der Waals surface area contributed by atoms with Crippen LogP contribution in [0.15, 0.2) is 48.5 Å². The molecule has 2 rings (SSSR count). The molecule has 2 aromatic carbocycles. The minimum absolute atomic E-state index is 0.144. The first-order valence-electron chi connectivity index (χ1n) is 6.28. The summed E-state index contributed by atoms with van der Waals surface area (Å²) >= 11 is 2.21. The Kier molecular flexibility index (Phi) is 5.23. The average molecular weight is 406 g/mol. The van der Waals surface area contributed by atoms with E-state index >= 15 is 0 Å². The first kappa shape index (κ1) is 16.3. The fourth-order valence-electron chi connectivity index (χ4n) is 2.08. The topological polar surface area (TPSA) is 38.0 Å². The van der Waals surface area contributed by atoms with Gasteiger partial charge in [-0.3, -0.25) is 11.3 Å². The van der Waals surface area contributed by atoms with Crippen LogP contribution in [0.5, 0.6) is 0 Å². The maximum Gasteiger partial charge on any atom is 0.416 e. The van der Waals surface area contributed by atoms with Crippen LogP contribution in [-0.2, 0) is 12.6 Å². The number of hydrogen-bond donors (Lipinski definition) is 2. The van der Waals surface area contributed by atoms with Crippen LogP contribution in [0.4, 0.5) is 13.2 Å². The number of alkyl halides is 3. The third-order valence-electron chi connectivity index (χ3n) is 3.20. The van der Waals surface area contributed by atoms with Crippen molar-refractivity contribution in [2.75, 3.05) is 0 Å². The molecular formula is C15H14F3IN2. The summed E-state index contributed by atoms with van der Waals surface area (Å²) in [6, 6.07) is 12.8. The summed E-state index contributed by atoms with van der Waals surface area (Å²) in [6.07, 6.45) is -3.78. The van der Waals surface area contributed by atoms with Gasteiger partial charge in [0.2, 0.25) is 0 Å². The van der Waals surface area contributed by atoms with Crippen molar-refractivity contribution >= 4 is 22.6 Å². The highest BCUT2D eigenvalue weighted by molar-refractivity contribution is 14.1. The van der Waals surface area contributed by atoms with Crippen LogP contribution in [0.3, 0.4) is 0 Å². The Morgan fingerprint density at radius 2 is 1.67 bits per heavy atom. The number of benzene rings is 2. The van der Waals surface area contributed by atoms with E-state index in [1.54, 1.807) is 0 Å². The number of halogens is 4. The Hall–Kier alpha value is -1.12. The predicted molar refractivity (Wildman–Crippen MR) is 84.4 cm³/mol. The lowest BCUT2D eigenvalue weighted by molar-refractivity contribution is -0.137. The Balaban J connectivity index is 2.18. The second-order valence-corrected chi connectivity index (χ2v) is 5.80. The van der Waals surface area contributed by atoms with Crippen molar-refractivity contribution in [2.45, 2.75) is 18.6 Å². The molecule has 0 saturated carbocycles. The molecular weight excluding hydrogens is 392 g/mol. The van der Waals surface area contributed by atoms with E-state index in [0.29, 0.717) is 6.42 Å². The predicted octanol–water partition coefficient (Wildman–Crippen LogP) is 4.06. The highest BCUT2D eigenvalue weighted by atomic mass is 127. The summed E-state index contributed by atoms with van der Waals surface area (Å²) in [5.41, 5.74) is 3.91. The quantitative estimate of drug-likeness (QED) is 0.457. The van der Waals surface area contributed by atoms with E-state index in [1.165, 1.54) is 12.1 Å². The molecule has 2 nitrogen and oxygen atoms in total. The monoisotopic (exact) mass is 406 g/mol. The normalized spacial score (nSPS) is 13.2. The van der Waals surface area contributed by atoms with E-state index < -0.39 is 11.7 Å². The zero-order valence-electron chi connectivity index (χ0n) is 11.0. The van der Waals surface area contributed by atoms with Crippen LogP contribution >= 0.6 is 22.6 Å². The molecule has 0 aliphatic heterocycles. The smallest absolute Gasteiger partial charge is 0.271 e. The summed E-state index contributed by atoms with van der Waals surface area (Å²) in [7, 11) is 0. The molecule has 3 N–H and O–H groups in total. The number of rotatable bonds is 4. The molecule has 1 unspecified atom stereocenters. The molecule has 0 bridgehead atoms. The molecule has 2 aromatic rings. The number of hydrogen-bond acceptors (Lipinski definition) is 2. The number of nitrogens with one attached hydrogen (secondary N) is 1. The van der Waals surface area contributed by atoms with Gasteiger partial charge in [0, 0.05) is 3.57 Å². The Morgan fingerprint density at radius 1 is 1.05 bits per heavy atom. The van der Waals surface area contributed by atoms with Crippen molar-refractivity contribution in [3.63, 3.8) is 0 Å². The molecule has 0 heterocycles. The molecule has 1 atom stereocenters. The molecule has 0 aliphatic carbocycles. The van der Waals surface area contributed by atoms with E-state index in [4.69, 9.17) is 5.84 Å². The third-order valence-corrected chi connectivity index (χ3v) is 4.19. The van der Waals surface area contributed by atoms with Crippen LogP contribution < -0.4 is 11.3 Å². The molecule has 0 saturated heterocycles. The fourth-order valence-corrected chi connectivity index (χ4v) is 2.85. The van der Waals surface area contributed by atoms with Gasteiger partial charge in [-0.05, 0) is 58.3 Å². The summed E-state index contributed by atoms with van der Waals surface area (Å²) in [6.45, 7) is 0. The van der Waals surface area contributed by atoms with Crippen molar-refractivity contribution in [3.05, 3.63) is 68.8 Å². The second-order valence-electron chi connectivity index (χ2n) is 4.64. The van der Waals surface area contributed by atoms with Gasteiger partial charge in [-0.15, -0.1) is 0 Å². The second kappa shape index (κ2) is 6.76. The van der Waals surface area contributed by atoms with Crippen LogP contribution in [-0.4, -0.2) is 0 Å². The summed E-state index contributed by atoms with van der Waals surface area (Å²) in [5, 5.41) is 0. The van der Waals surface area contributed by atoms with E-state index in [2.05, 4.69) is 28.0 Å². The van der Waals surface area contributed by atoms with E-state index in [1.807, 2.05) is 24.3 Å². The lowest BCUT2D eigenvalue weighted by atomic mass is 9.98. The van der Waals surface area contributed by atoms with Crippen molar-refractivity contribution in [2.24, 2.45) is 5.84 Å². The SMILES string of the molecule is NNC(Cc1ccc(C(F)(F)F)cc1)c1ccccc1I. The number of nitrogens with two attached hydrogens (primary N) is 1. The summed E-state index contributed by atoms with van der Waals surface area (Å²) < 4.78 is 38.7. The lowest BCUT2D eigenvalue weighted by Crippen LogP contribution is -2.30. The van der Waals surface area contributed by atoms with Gasteiger partial charge in [-0.2, -0.15) is 13.2 Å². The highest BCUT2D eigenvalue weighted by Gasteiger charge is 2.30. The van der Waals surface area contributed by atoms with Crippen LogP contribution in [0.25, 0.3) is 0 Å². The third kappa shape index (κ3) is 4.18. The first-order valence-corrected chi connectivity index (χ1v) is 7.36. The van der Waals surface area contributed by atoms with Gasteiger partial charge in [0.15, 0.2) is 0 Å². The number of hydrazine groups is 1. The van der Waals surface area contributed by atoms with Crippen molar-refractivity contribution in [1.29, 1.82) is 0 Å². The zero-order valence-corrected chi connectivity index (χ0v) is 13.1.